The molecule has 0 aliphatic carbocycles. The molecule has 2 aromatic heterocycles. The van der Waals surface area contributed by atoms with Crippen molar-refractivity contribution in [1.29, 1.82) is 0 Å². The Bertz CT molecular complexity index is 687. The van der Waals surface area contributed by atoms with E-state index in [-0.39, 0.29) is 0 Å². The van der Waals surface area contributed by atoms with Gasteiger partial charge in [0.1, 0.15) is 6.33 Å². The fourth-order valence-electron chi connectivity index (χ4n) is 2.21. The number of benzene rings is 1. The summed E-state index contributed by atoms with van der Waals surface area (Å²) in [6.45, 7) is 2.21. The predicted octanol–water partition coefficient (Wildman–Crippen LogP) is 3.75. The maximum absolute atomic E-state index is 4.19. The number of hydrogen-bond acceptors (Lipinski definition) is 4. The number of rotatable bonds is 6. The molecular formula is C17H19N5. The molecule has 0 spiro atoms. The summed E-state index contributed by atoms with van der Waals surface area (Å²) < 4.78 is 1.82. The summed E-state index contributed by atoms with van der Waals surface area (Å²) >= 11 is 0. The number of aryl methyl sites for hydroxylation is 1. The van der Waals surface area contributed by atoms with Crippen LogP contribution in [0.5, 0.6) is 0 Å². The molecule has 0 bridgehead atoms. The Labute approximate surface area is 130 Å². The van der Waals surface area contributed by atoms with Crippen molar-refractivity contribution >= 4 is 11.5 Å². The van der Waals surface area contributed by atoms with E-state index in [0.717, 1.165) is 23.7 Å². The van der Waals surface area contributed by atoms with Crippen LogP contribution in [0.25, 0.3) is 5.82 Å². The molecule has 0 saturated heterocycles. The first-order valence-corrected chi connectivity index (χ1v) is 7.53. The van der Waals surface area contributed by atoms with Crippen LogP contribution in [0.4, 0.5) is 11.5 Å². The molecule has 0 amide bonds. The van der Waals surface area contributed by atoms with Gasteiger partial charge < -0.3 is 5.32 Å². The molecule has 2 heterocycles. The first kappa shape index (κ1) is 14.3. The highest BCUT2D eigenvalue weighted by Crippen LogP contribution is 2.16. The van der Waals surface area contributed by atoms with Gasteiger partial charge in [0, 0.05) is 18.1 Å². The van der Waals surface area contributed by atoms with Crippen molar-refractivity contribution in [1.82, 2.24) is 19.7 Å². The zero-order valence-electron chi connectivity index (χ0n) is 12.6. The van der Waals surface area contributed by atoms with Crippen molar-refractivity contribution in [3.63, 3.8) is 0 Å². The first-order chi connectivity index (χ1) is 10.8. The molecule has 0 saturated carbocycles. The number of nitrogens with zero attached hydrogens (tertiary/aromatic N) is 4. The molecule has 112 valence electrons. The largest absolute Gasteiger partial charge is 0.339 e. The predicted molar refractivity (Wildman–Crippen MR) is 87.5 cm³/mol. The molecule has 0 fully saturated rings. The van der Waals surface area contributed by atoms with Crippen molar-refractivity contribution in [2.24, 2.45) is 0 Å². The van der Waals surface area contributed by atoms with Crippen LogP contribution >= 0.6 is 0 Å². The van der Waals surface area contributed by atoms with E-state index >= 15 is 0 Å². The van der Waals surface area contributed by atoms with Crippen molar-refractivity contribution in [2.75, 3.05) is 5.32 Å². The van der Waals surface area contributed by atoms with E-state index < -0.39 is 0 Å². The molecule has 3 aromatic rings. The quantitative estimate of drug-likeness (QED) is 0.752. The van der Waals surface area contributed by atoms with Crippen LogP contribution in [0, 0.1) is 0 Å². The molecule has 0 aliphatic heterocycles. The van der Waals surface area contributed by atoms with Gasteiger partial charge in [0.05, 0.1) is 0 Å². The van der Waals surface area contributed by atoms with Crippen molar-refractivity contribution < 1.29 is 0 Å². The minimum absolute atomic E-state index is 0.727. The summed E-state index contributed by atoms with van der Waals surface area (Å²) in [6, 6.07) is 12.3. The number of imidazole rings is 1. The third kappa shape index (κ3) is 3.49. The van der Waals surface area contributed by atoms with Gasteiger partial charge in [-0.1, -0.05) is 25.5 Å². The summed E-state index contributed by atoms with van der Waals surface area (Å²) in [5.41, 5.74) is 2.39. The van der Waals surface area contributed by atoms with Gasteiger partial charge in [0.15, 0.2) is 11.6 Å². The summed E-state index contributed by atoms with van der Waals surface area (Å²) in [5, 5.41) is 11.6. The Morgan fingerprint density at radius 2 is 1.91 bits per heavy atom. The van der Waals surface area contributed by atoms with Crippen molar-refractivity contribution in [2.45, 2.75) is 26.2 Å². The number of nitrogens with one attached hydrogen (secondary N) is 1. The smallest absolute Gasteiger partial charge is 0.160 e. The maximum Gasteiger partial charge on any atom is 0.160 e. The van der Waals surface area contributed by atoms with E-state index in [2.05, 4.69) is 51.7 Å². The van der Waals surface area contributed by atoms with Gasteiger partial charge in [0.2, 0.25) is 0 Å². The van der Waals surface area contributed by atoms with Crippen LogP contribution in [-0.4, -0.2) is 19.7 Å². The topological polar surface area (TPSA) is 55.6 Å². The molecular weight excluding hydrogens is 274 g/mol. The molecule has 1 aromatic carbocycles. The van der Waals surface area contributed by atoms with Crippen LogP contribution < -0.4 is 5.32 Å². The van der Waals surface area contributed by atoms with Crippen LogP contribution in [0.1, 0.15) is 25.3 Å². The Balaban J connectivity index is 1.65. The zero-order valence-corrected chi connectivity index (χ0v) is 12.6. The van der Waals surface area contributed by atoms with Gasteiger partial charge in [-0.25, -0.2) is 4.98 Å². The summed E-state index contributed by atoms with van der Waals surface area (Å²) in [4.78, 5) is 4.00. The molecule has 0 radical (unpaired) electrons. The molecule has 5 nitrogen and oxygen atoms in total. The summed E-state index contributed by atoms with van der Waals surface area (Å²) in [5.74, 6) is 1.48. The Hall–Kier alpha value is -2.69. The van der Waals surface area contributed by atoms with E-state index in [0.29, 0.717) is 0 Å². The lowest BCUT2D eigenvalue weighted by Gasteiger charge is -2.07. The van der Waals surface area contributed by atoms with Crippen molar-refractivity contribution in [3.8, 4) is 5.82 Å². The lowest BCUT2D eigenvalue weighted by molar-refractivity contribution is 0.795. The lowest BCUT2D eigenvalue weighted by atomic mass is 10.1. The van der Waals surface area contributed by atoms with E-state index in [1.54, 1.807) is 12.5 Å². The Morgan fingerprint density at radius 1 is 1.05 bits per heavy atom. The molecule has 0 atom stereocenters. The molecule has 0 aliphatic rings. The maximum atomic E-state index is 4.19. The molecule has 1 N–H and O–H groups in total. The minimum atomic E-state index is 0.727. The van der Waals surface area contributed by atoms with Crippen LogP contribution in [0.15, 0.2) is 55.1 Å². The summed E-state index contributed by atoms with van der Waals surface area (Å²) in [7, 11) is 0. The van der Waals surface area contributed by atoms with Crippen LogP contribution in [0.3, 0.4) is 0 Å². The van der Waals surface area contributed by atoms with Gasteiger partial charge in [0.25, 0.3) is 0 Å². The average Bonchev–Trinajstić information content (AvgIpc) is 3.09. The second-order valence-corrected chi connectivity index (χ2v) is 5.17. The molecule has 0 unspecified atom stereocenters. The van der Waals surface area contributed by atoms with E-state index in [4.69, 9.17) is 0 Å². The third-order valence-electron chi connectivity index (χ3n) is 3.46. The normalized spacial score (nSPS) is 10.6. The van der Waals surface area contributed by atoms with Gasteiger partial charge in [-0.05, 0) is 42.7 Å². The number of aromatic nitrogens is 4. The molecule has 3 rings (SSSR count). The fraction of sp³-hybridized carbons (Fsp3) is 0.235. The van der Waals surface area contributed by atoms with E-state index in [9.17, 15) is 0 Å². The Morgan fingerprint density at radius 3 is 2.55 bits per heavy atom. The van der Waals surface area contributed by atoms with E-state index in [1.165, 1.54) is 18.4 Å². The number of unbranched alkanes of at least 4 members (excludes halogenated alkanes) is 1. The molecule has 22 heavy (non-hydrogen) atoms. The zero-order chi connectivity index (χ0) is 15.2. The first-order valence-electron chi connectivity index (χ1n) is 7.53. The second-order valence-electron chi connectivity index (χ2n) is 5.17. The van der Waals surface area contributed by atoms with Gasteiger partial charge in [-0.15, -0.1) is 10.2 Å². The molecule has 5 heteroatoms. The summed E-state index contributed by atoms with van der Waals surface area (Å²) in [6.07, 6.45) is 8.84. The minimum Gasteiger partial charge on any atom is -0.339 e. The monoisotopic (exact) mass is 293 g/mol. The average molecular weight is 293 g/mol. The SMILES string of the molecule is CCCCc1ccc(Nc2ccc(-n3ccnc3)nn2)cc1. The van der Waals surface area contributed by atoms with Crippen LogP contribution in [-0.2, 0) is 6.42 Å². The highest BCUT2D eigenvalue weighted by atomic mass is 15.2. The van der Waals surface area contributed by atoms with Gasteiger partial charge >= 0.3 is 0 Å². The number of hydrogen-bond donors (Lipinski definition) is 1. The Kier molecular flexibility index (Phi) is 4.44. The third-order valence-corrected chi connectivity index (χ3v) is 3.46. The number of anilines is 2. The standard InChI is InChI=1S/C17H19N5/c1-2-3-4-14-5-7-15(8-6-14)19-16-9-10-17(21-20-16)22-12-11-18-13-22/h5-13H,2-4H2,1H3,(H,19,20). The van der Waals surface area contributed by atoms with E-state index in [1.807, 2.05) is 22.9 Å². The van der Waals surface area contributed by atoms with Crippen molar-refractivity contribution in [3.05, 3.63) is 60.7 Å². The lowest BCUT2D eigenvalue weighted by Crippen LogP contribution is -2.00. The highest BCUT2D eigenvalue weighted by molar-refractivity contribution is 5.56. The highest BCUT2D eigenvalue weighted by Gasteiger charge is 2.01. The van der Waals surface area contributed by atoms with Gasteiger partial charge in [-0.3, -0.25) is 4.57 Å². The van der Waals surface area contributed by atoms with Crippen LogP contribution in [0.2, 0.25) is 0 Å². The fourth-order valence-corrected chi connectivity index (χ4v) is 2.21. The van der Waals surface area contributed by atoms with Gasteiger partial charge in [-0.2, -0.15) is 0 Å². The second kappa shape index (κ2) is 6.85.